The van der Waals surface area contributed by atoms with Gasteiger partial charge in [0, 0.05) is 16.5 Å². The molecule has 24 heavy (non-hydrogen) atoms. The van der Waals surface area contributed by atoms with Gasteiger partial charge < -0.3 is 5.32 Å². The van der Waals surface area contributed by atoms with Crippen LogP contribution in [0.1, 0.15) is 5.56 Å². The van der Waals surface area contributed by atoms with Gasteiger partial charge in [0.15, 0.2) is 5.17 Å². The Morgan fingerprint density at radius 2 is 1.46 bits per heavy atom. The van der Waals surface area contributed by atoms with E-state index >= 15 is 0 Å². The summed E-state index contributed by atoms with van der Waals surface area (Å²) in [7, 11) is 0. The molecule has 1 N–H and O–H groups in total. The fourth-order valence-electron chi connectivity index (χ4n) is 2.09. The third kappa shape index (κ3) is 5.15. The van der Waals surface area contributed by atoms with E-state index in [1.54, 1.807) is 11.8 Å². The minimum Gasteiger partial charge on any atom is -0.335 e. The van der Waals surface area contributed by atoms with Crippen molar-refractivity contribution in [3.63, 3.8) is 0 Å². The van der Waals surface area contributed by atoms with Crippen LogP contribution in [0.3, 0.4) is 0 Å². The van der Waals surface area contributed by atoms with Crippen molar-refractivity contribution in [2.45, 2.75) is 5.75 Å². The van der Waals surface area contributed by atoms with Crippen molar-refractivity contribution >= 4 is 39.9 Å². The molecule has 0 unspecified atom stereocenters. The molecule has 4 heteroatoms. The maximum absolute atomic E-state index is 5.95. The maximum atomic E-state index is 5.95. The number of para-hydroxylation sites is 2. The highest BCUT2D eigenvalue weighted by atomic mass is 35.5. The molecular formula is C20H17ClN2S. The number of hydrogen-bond donors (Lipinski definition) is 1. The van der Waals surface area contributed by atoms with E-state index in [9.17, 15) is 0 Å². The highest BCUT2D eigenvalue weighted by Gasteiger charge is 2.03. The molecule has 0 heterocycles. The Morgan fingerprint density at radius 3 is 2.12 bits per heavy atom. The Balaban J connectivity index is 1.76. The summed E-state index contributed by atoms with van der Waals surface area (Å²) < 4.78 is 0. The second-order valence-electron chi connectivity index (χ2n) is 5.16. The fourth-order valence-corrected chi connectivity index (χ4v) is 3.08. The second kappa shape index (κ2) is 8.57. The summed E-state index contributed by atoms with van der Waals surface area (Å²) in [5.74, 6) is 0.822. The molecule has 0 aliphatic rings. The van der Waals surface area contributed by atoms with E-state index in [2.05, 4.69) is 5.32 Å². The molecule has 0 amide bonds. The molecule has 0 saturated carbocycles. The van der Waals surface area contributed by atoms with Crippen LogP contribution >= 0.6 is 23.4 Å². The molecule has 0 saturated heterocycles. The number of nitrogens with zero attached hydrogens (tertiary/aromatic N) is 1. The number of thioether (sulfide) groups is 1. The summed E-state index contributed by atoms with van der Waals surface area (Å²) >= 11 is 7.61. The molecule has 0 radical (unpaired) electrons. The van der Waals surface area contributed by atoms with Crippen molar-refractivity contribution in [2.75, 3.05) is 5.32 Å². The molecule has 0 fully saturated rings. The van der Waals surface area contributed by atoms with E-state index in [4.69, 9.17) is 16.6 Å². The number of aliphatic imine (C=N–C) groups is 1. The molecule has 0 bridgehead atoms. The molecule has 0 aliphatic carbocycles. The topological polar surface area (TPSA) is 24.4 Å². The van der Waals surface area contributed by atoms with Crippen molar-refractivity contribution in [2.24, 2.45) is 4.99 Å². The van der Waals surface area contributed by atoms with Gasteiger partial charge in [-0.2, -0.15) is 0 Å². The molecule has 3 aromatic rings. The van der Waals surface area contributed by atoms with Crippen LogP contribution in [0.4, 0.5) is 11.4 Å². The van der Waals surface area contributed by atoms with Crippen molar-refractivity contribution in [1.82, 2.24) is 0 Å². The fraction of sp³-hybridized carbons (Fsp3) is 0.0500. The zero-order valence-electron chi connectivity index (χ0n) is 13.0. The Morgan fingerprint density at radius 1 is 0.833 bits per heavy atom. The summed E-state index contributed by atoms with van der Waals surface area (Å²) in [6.45, 7) is 0. The van der Waals surface area contributed by atoms with Gasteiger partial charge in [-0.1, -0.05) is 71.9 Å². The summed E-state index contributed by atoms with van der Waals surface area (Å²) in [5, 5.41) is 5.01. The minimum absolute atomic E-state index is 0.754. The van der Waals surface area contributed by atoms with Crippen LogP contribution in [0.15, 0.2) is 89.9 Å². The Kier molecular flexibility index (Phi) is 5.94. The van der Waals surface area contributed by atoms with E-state index in [-0.39, 0.29) is 0 Å². The molecule has 2 nitrogen and oxygen atoms in total. The molecular weight excluding hydrogens is 336 g/mol. The van der Waals surface area contributed by atoms with Crippen LogP contribution in [0, 0.1) is 0 Å². The first-order valence-corrected chi connectivity index (χ1v) is 8.99. The lowest BCUT2D eigenvalue weighted by molar-refractivity contribution is 1.42. The van der Waals surface area contributed by atoms with Crippen LogP contribution < -0.4 is 5.32 Å². The van der Waals surface area contributed by atoms with Gasteiger partial charge in [-0.3, -0.25) is 0 Å². The molecule has 0 spiro atoms. The third-order valence-electron chi connectivity index (χ3n) is 3.30. The largest absolute Gasteiger partial charge is 0.335 e. The SMILES string of the molecule is Clc1ccc(CSC(=Nc2ccccc2)Nc2ccccc2)cc1. The Hall–Kier alpha value is -2.23. The number of halogens is 1. The van der Waals surface area contributed by atoms with E-state index in [1.165, 1.54) is 5.56 Å². The lowest BCUT2D eigenvalue weighted by Crippen LogP contribution is -2.07. The summed E-state index contributed by atoms with van der Waals surface area (Å²) in [6, 6.07) is 27.9. The lowest BCUT2D eigenvalue weighted by Gasteiger charge is -2.10. The third-order valence-corrected chi connectivity index (χ3v) is 4.50. The smallest absolute Gasteiger partial charge is 0.166 e. The average molecular weight is 353 g/mol. The number of hydrogen-bond acceptors (Lipinski definition) is 2. The zero-order valence-corrected chi connectivity index (χ0v) is 14.6. The number of rotatable bonds is 4. The van der Waals surface area contributed by atoms with Gasteiger partial charge >= 0.3 is 0 Å². The van der Waals surface area contributed by atoms with Gasteiger partial charge in [0.2, 0.25) is 0 Å². The van der Waals surface area contributed by atoms with Gasteiger partial charge in [-0.25, -0.2) is 4.99 Å². The summed E-state index contributed by atoms with van der Waals surface area (Å²) in [6.07, 6.45) is 0. The Bertz CT molecular complexity index is 787. The first-order valence-electron chi connectivity index (χ1n) is 7.63. The molecule has 0 aliphatic heterocycles. The number of nitrogens with one attached hydrogen (secondary N) is 1. The normalized spacial score (nSPS) is 11.3. The lowest BCUT2D eigenvalue weighted by atomic mass is 10.2. The summed E-state index contributed by atoms with van der Waals surface area (Å²) in [4.78, 5) is 4.73. The van der Waals surface area contributed by atoms with Crippen LogP contribution in [0.5, 0.6) is 0 Å². The van der Waals surface area contributed by atoms with E-state index in [0.717, 1.165) is 27.3 Å². The number of benzene rings is 3. The maximum Gasteiger partial charge on any atom is 0.166 e. The van der Waals surface area contributed by atoms with Crippen molar-refractivity contribution in [3.8, 4) is 0 Å². The molecule has 3 rings (SSSR count). The Labute approximate surface area is 151 Å². The first kappa shape index (κ1) is 16.6. The van der Waals surface area contributed by atoms with Gasteiger partial charge in [-0.05, 0) is 42.0 Å². The van der Waals surface area contributed by atoms with E-state index in [0.29, 0.717) is 0 Å². The zero-order chi connectivity index (χ0) is 16.6. The van der Waals surface area contributed by atoms with Crippen molar-refractivity contribution in [3.05, 3.63) is 95.5 Å². The second-order valence-corrected chi connectivity index (χ2v) is 6.56. The van der Waals surface area contributed by atoms with Gasteiger partial charge in [0.1, 0.15) is 0 Å². The molecule has 120 valence electrons. The van der Waals surface area contributed by atoms with Crippen LogP contribution in [0.2, 0.25) is 5.02 Å². The van der Waals surface area contributed by atoms with Crippen molar-refractivity contribution < 1.29 is 0 Å². The summed E-state index contributed by atoms with van der Waals surface area (Å²) in [5.41, 5.74) is 3.16. The van der Waals surface area contributed by atoms with E-state index in [1.807, 2.05) is 84.9 Å². The van der Waals surface area contributed by atoms with Gasteiger partial charge in [0.05, 0.1) is 5.69 Å². The van der Waals surface area contributed by atoms with E-state index < -0.39 is 0 Å². The quantitative estimate of drug-likeness (QED) is 0.435. The number of amidine groups is 1. The highest BCUT2D eigenvalue weighted by molar-refractivity contribution is 8.13. The van der Waals surface area contributed by atoms with Crippen LogP contribution in [-0.2, 0) is 5.75 Å². The predicted octanol–water partition coefficient (Wildman–Crippen LogP) is 6.37. The standard InChI is InChI=1S/C20H17ClN2S/c21-17-13-11-16(12-14-17)15-24-20(22-18-7-3-1-4-8-18)23-19-9-5-2-6-10-19/h1-14H,15H2,(H,22,23). The monoisotopic (exact) mass is 352 g/mol. The molecule has 0 atom stereocenters. The van der Waals surface area contributed by atoms with Crippen LogP contribution in [0.25, 0.3) is 0 Å². The van der Waals surface area contributed by atoms with Crippen molar-refractivity contribution in [1.29, 1.82) is 0 Å². The minimum atomic E-state index is 0.754. The molecule has 3 aromatic carbocycles. The predicted molar refractivity (Wildman–Crippen MR) is 106 cm³/mol. The average Bonchev–Trinajstić information content (AvgIpc) is 2.63. The highest BCUT2D eigenvalue weighted by Crippen LogP contribution is 2.21. The van der Waals surface area contributed by atoms with Gasteiger partial charge in [0.25, 0.3) is 0 Å². The molecule has 0 aromatic heterocycles. The first-order chi connectivity index (χ1) is 11.8. The van der Waals surface area contributed by atoms with Crippen LogP contribution in [-0.4, -0.2) is 5.17 Å². The number of anilines is 1. The van der Waals surface area contributed by atoms with Gasteiger partial charge in [-0.15, -0.1) is 0 Å².